The molecule has 0 bridgehead atoms. The van der Waals surface area contributed by atoms with Gasteiger partial charge in [0.15, 0.2) is 0 Å². The Morgan fingerprint density at radius 2 is 2.20 bits per heavy atom. The molecule has 1 aromatic rings. The molecule has 0 saturated carbocycles. The highest BCUT2D eigenvalue weighted by Gasteiger charge is 2.25. The Balaban J connectivity index is 1.97. The van der Waals surface area contributed by atoms with Gasteiger partial charge in [-0.15, -0.1) is 0 Å². The number of hydrogen-bond donors (Lipinski definition) is 2. The van der Waals surface area contributed by atoms with Crippen molar-refractivity contribution < 1.29 is 19.1 Å². The van der Waals surface area contributed by atoms with E-state index in [4.69, 9.17) is 10.8 Å². The summed E-state index contributed by atoms with van der Waals surface area (Å²) in [7, 11) is 0. The Hall–Kier alpha value is -1.95. The predicted octanol–water partition coefficient (Wildman–Crippen LogP) is 1.22. The zero-order chi connectivity index (χ0) is 14.7. The van der Waals surface area contributed by atoms with Crippen LogP contribution in [0.5, 0.6) is 0 Å². The van der Waals surface area contributed by atoms with E-state index in [0.717, 1.165) is 19.0 Å². The molecule has 1 heterocycles. The first-order chi connectivity index (χ1) is 9.45. The molecule has 108 valence electrons. The third kappa shape index (κ3) is 3.54. The van der Waals surface area contributed by atoms with Crippen LogP contribution in [0.25, 0.3) is 0 Å². The SMILES string of the molecule is NC(=O)c1ccc(CN2CCC(CC(=O)O)C2)c(F)c1. The van der Waals surface area contributed by atoms with Crippen LogP contribution < -0.4 is 5.73 Å². The van der Waals surface area contributed by atoms with E-state index in [2.05, 4.69) is 0 Å². The Morgan fingerprint density at radius 1 is 1.45 bits per heavy atom. The second kappa shape index (κ2) is 6.00. The molecule has 20 heavy (non-hydrogen) atoms. The first-order valence-corrected chi connectivity index (χ1v) is 6.48. The number of carboxylic acids is 1. The van der Waals surface area contributed by atoms with Crippen molar-refractivity contribution in [2.45, 2.75) is 19.4 Å². The molecule has 5 nitrogen and oxygen atoms in total. The Bertz CT molecular complexity index is 533. The summed E-state index contributed by atoms with van der Waals surface area (Å²) >= 11 is 0. The first-order valence-electron chi connectivity index (χ1n) is 6.48. The smallest absolute Gasteiger partial charge is 0.303 e. The average Bonchev–Trinajstić information content (AvgIpc) is 2.78. The molecule has 2 rings (SSSR count). The maximum atomic E-state index is 13.8. The van der Waals surface area contributed by atoms with Gasteiger partial charge in [-0.2, -0.15) is 0 Å². The topological polar surface area (TPSA) is 83.6 Å². The largest absolute Gasteiger partial charge is 0.481 e. The molecule has 1 aromatic carbocycles. The molecule has 1 unspecified atom stereocenters. The molecule has 0 aliphatic carbocycles. The van der Waals surface area contributed by atoms with E-state index in [1.807, 2.05) is 4.90 Å². The number of likely N-dealkylation sites (tertiary alicyclic amines) is 1. The first kappa shape index (κ1) is 14.5. The van der Waals surface area contributed by atoms with Crippen molar-refractivity contribution in [1.82, 2.24) is 4.90 Å². The summed E-state index contributed by atoms with van der Waals surface area (Å²) in [6.07, 6.45) is 0.965. The predicted molar refractivity (Wildman–Crippen MR) is 70.6 cm³/mol. The van der Waals surface area contributed by atoms with E-state index >= 15 is 0 Å². The van der Waals surface area contributed by atoms with Crippen molar-refractivity contribution in [1.29, 1.82) is 0 Å². The number of aliphatic carboxylic acids is 1. The summed E-state index contributed by atoms with van der Waals surface area (Å²) in [5.74, 6) is -1.78. The molecule has 1 atom stereocenters. The van der Waals surface area contributed by atoms with E-state index in [1.54, 1.807) is 6.07 Å². The third-order valence-electron chi connectivity index (χ3n) is 3.56. The van der Waals surface area contributed by atoms with Gasteiger partial charge in [0.05, 0.1) is 0 Å². The number of nitrogens with zero attached hydrogens (tertiary/aromatic N) is 1. The van der Waals surface area contributed by atoms with Crippen LogP contribution in [0.4, 0.5) is 4.39 Å². The van der Waals surface area contributed by atoms with Gasteiger partial charge in [0.25, 0.3) is 0 Å². The molecule has 1 aliphatic heterocycles. The quantitative estimate of drug-likeness (QED) is 0.849. The molecule has 0 aromatic heterocycles. The molecular weight excluding hydrogens is 263 g/mol. The Labute approximate surface area is 116 Å². The molecule has 3 N–H and O–H groups in total. The number of carboxylic acid groups (broad SMARTS) is 1. The molecule has 0 radical (unpaired) electrons. The van der Waals surface area contributed by atoms with Crippen molar-refractivity contribution in [3.05, 3.63) is 35.1 Å². The van der Waals surface area contributed by atoms with E-state index in [-0.39, 0.29) is 17.9 Å². The molecular formula is C14H17FN2O3. The number of rotatable bonds is 5. The monoisotopic (exact) mass is 280 g/mol. The van der Waals surface area contributed by atoms with Crippen molar-refractivity contribution in [2.75, 3.05) is 13.1 Å². The second-order valence-electron chi connectivity index (χ2n) is 5.16. The third-order valence-corrected chi connectivity index (χ3v) is 3.56. The fourth-order valence-electron chi connectivity index (χ4n) is 2.54. The number of hydrogen-bond acceptors (Lipinski definition) is 3. The maximum Gasteiger partial charge on any atom is 0.303 e. The fourth-order valence-corrected chi connectivity index (χ4v) is 2.54. The Morgan fingerprint density at radius 3 is 2.80 bits per heavy atom. The van der Waals surface area contributed by atoms with Gasteiger partial charge in [0.2, 0.25) is 5.91 Å². The number of amides is 1. The molecule has 1 fully saturated rings. The standard InChI is InChI=1S/C14H17FN2O3/c15-12-6-10(14(16)20)1-2-11(12)8-17-4-3-9(7-17)5-13(18)19/h1-2,6,9H,3-5,7-8H2,(H2,16,20)(H,18,19). The van der Waals surface area contributed by atoms with E-state index in [1.165, 1.54) is 6.07 Å². The summed E-state index contributed by atoms with van der Waals surface area (Å²) in [4.78, 5) is 23.6. The van der Waals surface area contributed by atoms with Gasteiger partial charge in [-0.05, 0) is 31.0 Å². The second-order valence-corrected chi connectivity index (χ2v) is 5.16. The number of primary amides is 1. The van der Waals surface area contributed by atoms with E-state index in [0.29, 0.717) is 18.7 Å². The van der Waals surface area contributed by atoms with Gasteiger partial charge < -0.3 is 10.8 Å². The average molecular weight is 280 g/mol. The lowest BCUT2D eigenvalue weighted by atomic mass is 10.1. The highest BCUT2D eigenvalue weighted by molar-refractivity contribution is 5.92. The van der Waals surface area contributed by atoms with Crippen molar-refractivity contribution in [3.63, 3.8) is 0 Å². The number of nitrogens with two attached hydrogens (primary N) is 1. The normalized spacial score (nSPS) is 19.1. The van der Waals surface area contributed by atoms with E-state index < -0.39 is 17.7 Å². The highest BCUT2D eigenvalue weighted by Crippen LogP contribution is 2.22. The summed E-state index contributed by atoms with van der Waals surface area (Å²) in [6.45, 7) is 1.83. The van der Waals surface area contributed by atoms with Crippen LogP contribution in [-0.2, 0) is 11.3 Å². The van der Waals surface area contributed by atoms with Gasteiger partial charge >= 0.3 is 5.97 Å². The lowest BCUT2D eigenvalue weighted by molar-refractivity contribution is -0.138. The fraction of sp³-hybridized carbons (Fsp3) is 0.429. The Kier molecular flexibility index (Phi) is 4.34. The van der Waals surface area contributed by atoms with Crippen LogP contribution in [0.3, 0.4) is 0 Å². The van der Waals surface area contributed by atoms with Crippen molar-refractivity contribution in [3.8, 4) is 0 Å². The van der Waals surface area contributed by atoms with Crippen LogP contribution in [0.2, 0.25) is 0 Å². The van der Waals surface area contributed by atoms with Gasteiger partial charge in [-0.1, -0.05) is 6.07 Å². The minimum Gasteiger partial charge on any atom is -0.481 e. The molecule has 1 aliphatic rings. The van der Waals surface area contributed by atoms with Crippen LogP contribution >= 0.6 is 0 Å². The van der Waals surface area contributed by atoms with Crippen LogP contribution in [0.1, 0.15) is 28.8 Å². The molecule has 1 amide bonds. The van der Waals surface area contributed by atoms with Crippen molar-refractivity contribution in [2.24, 2.45) is 11.7 Å². The lowest BCUT2D eigenvalue weighted by Gasteiger charge is -2.16. The molecule has 0 spiro atoms. The van der Waals surface area contributed by atoms with Crippen LogP contribution in [0.15, 0.2) is 18.2 Å². The highest BCUT2D eigenvalue weighted by atomic mass is 19.1. The van der Waals surface area contributed by atoms with E-state index in [9.17, 15) is 14.0 Å². The number of benzene rings is 1. The molecule has 1 saturated heterocycles. The minimum absolute atomic E-state index is 0.125. The summed E-state index contributed by atoms with van der Waals surface area (Å²) in [5, 5.41) is 8.75. The maximum absolute atomic E-state index is 13.8. The van der Waals surface area contributed by atoms with Gasteiger partial charge in [-0.25, -0.2) is 4.39 Å². The number of carbonyl (C=O) groups excluding carboxylic acids is 1. The lowest BCUT2D eigenvalue weighted by Crippen LogP contribution is -2.21. The summed E-state index contributed by atoms with van der Waals surface area (Å²) in [6, 6.07) is 4.20. The number of carbonyl (C=O) groups is 2. The van der Waals surface area contributed by atoms with Crippen molar-refractivity contribution >= 4 is 11.9 Å². The zero-order valence-corrected chi connectivity index (χ0v) is 11.0. The van der Waals surface area contributed by atoms with Crippen LogP contribution in [0, 0.1) is 11.7 Å². The van der Waals surface area contributed by atoms with Gasteiger partial charge in [0.1, 0.15) is 5.82 Å². The van der Waals surface area contributed by atoms with Gasteiger partial charge in [-0.3, -0.25) is 14.5 Å². The minimum atomic E-state index is -0.797. The summed E-state index contributed by atoms with van der Waals surface area (Å²) in [5.41, 5.74) is 5.73. The molecule has 6 heteroatoms. The van der Waals surface area contributed by atoms with Gasteiger partial charge in [0, 0.05) is 30.6 Å². The summed E-state index contributed by atoms with van der Waals surface area (Å²) < 4.78 is 13.8. The van der Waals surface area contributed by atoms with Crippen LogP contribution in [-0.4, -0.2) is 35.0 Å². The number of halogens is 1. The zero-order valence-electron chi connectivity index (χ0n) is 11.0.